The van der Waals surface area contributed by atoms with Gasteiger partial charge in [-0.2, -0.15) is 0 Å². The van der Waals surface area contributed by atoms with Crippen LogP contribution in [0.2, 0.25) is 0 Å². The molecule has 3 rings (SSSR count). The summed E-state index contributed by atoms with van der Waals surface area (Å²) in [5.41, 5.74) is 2.78. The molecule has 0 unspecified atom stereocenters. The van der Waals surface area contributed by atoms with Gasteiger partial charge in [0.1, 0.15) is 0 Å². The molecule has 1 aromatic carbocycles. The first-order valence-electron chi connectivity index (χ1n) is 11.1. The minimum absolute atomic E-state index is 0.135. The van der Waals surface area contributed by atoms with E-state index < -0.39 is 0 Å². The summed E-state index contributed by atoms with van der Waals surface area (Å²) in [4.78, 5) is 9.48. The van der Waals surface area contributed by atoms with Crippen molar-refractivity contribution in [3.05, 3.63) is 35.4 Å². The Labute approximate surface area is 176 Å². The molecule has 2 aliphatic heterocycles. The first-order valence-corrected chi connectivity index (χ1v) is 11.1. The van der Waals surface area contributed by atoms with Gasteiger partial charge in [-0.1, -0.05) is 30.7 Å². The topological polar surface area (TPSA) is 52.1 Å². The lowest BCUT2D eigenvalue weighted by Crippen LogP contribution is -2.54. The molecule has 29 heavy (non-hydrogen) atoms. The lowest BCUT2D eigenvalue weighted by molar-refractivity contribution is 0.0342. The Balaban J connectivity index is 1.47. The summed E-state index contributed by atoms with van der Waals surface area (Å²) in [5, 5.41) is 7.01. The number of aliphatic imine (C=N–C) groups is 1. The van der Waals surface area contributed by atoms with E-state index in [2.05, 4.69) is 63.5 Å². The Kier molecular flexibility index (Phi) is 8.33. The van der Waals surface area contributed by atoms with Gasteiger partial charge in [0.05, 0.1) is 13.2 Å². The average Bonchev–Trinajstić information content (AvgIpc) is 2.75. The number of ether oxygens (including phenoxy) is 1. The second-order valence-corrected chi connectivity index (χ2v) is 8.85. The summed E-state index contributed by atoms with van der Waals surface area (Å²) >= 11 is 0. The van der Waals surface area contributed by atoms with Crippen LogP contribution in [-0.4, -0.2) is 74.3 Å². The van der Waals surface area contributed by atoms with Crippen LogP contribution in [0, 0.1) is 0 Å². The minimum Gasteiger partial charge on any atom is -0.379 e. The van der Waals surface area contributed by atoms with E-state index >= 15 is 0 Å². The number of hydrogen-bond acceptors (Lipinski definition) is 4. The first kappa shape index (κ1) is 22.1. The van der Waals surface area contributed by atoms with Crippen LogP contribution in [0.4, 0.5) is 0 Å². The summed E-state index contributed by atoms with van der Waals surface area (Å²) in [6.45, 7) is 13.5. The third-order valence-corrected chi connectivity index (χ3v) is 6.09. The van der Waals surface area contributed by atoms with Gasteiger partial charge < -0.3 is 15.4 Å². The molecule has 162 valence electrons. The van der Waals surface area contributed by atoms with Gasteiger partial charge in [0.15, 0.2) is 5.96 Å². The second kappa shape index (κ2) is 11.0. The van der Waals surface area contributed by atoms with Crippen LogP contribution in [0.15, 0.2) is 29.3 Å². The van der Waals surface area contributed by atoms with Gasteiger partial charge in [-0.15, -0.1) is 0 Å². The van der Waals surface area contributed by atoms with Crippen molar-refractivity contribution >= 4 is 5.96 Å². The number of nitrogens with zero attached hydrogens (tertiary/aromatic N) is 3. The molecule has 0 saturated carbocycles. The largest absolute Gasteiger partial charge is 0.379 e. The van der Waals surface area contributed by atoms with Gasteiger partial charge >= 0.3 is 0 Å². The van der Waals surface area contributed by atoms with Crippen molar-refractivity contribution in [2.24, 2.45) is 4.99 Å². The van der Waals surface area contributed by atoms with Gasteiger partial charge in [0.2, 0.25) is 0 Å². The Bertz CT molecular complexity index is 648. The molecule has 0 radical (unpaired) electrons. The van der Waals surface area contributed by atoms with Crippen LogP contribution in [0.5, 0.6) is 0 Å². The molecule has 6 heteroatoms. The van der Waals surface area contributed by atoms with Crippen LogP contribution in [0.25, 0.3) is 0 Å². The fourth-order valence-corrected chi connectivity index (χ4v) is 4.17. The second-order valence-electron chi connectivity index (χ2n) is 8.85. The minimum atomic E-state index is 0.135. The zero-order valence-electron chi connectivity index (χ0n) is 18.5. The number of piperidine rings is 1. The number of morpholine rings is 1. The van der Waals surface area contributed by atoms with Crippen molar-refractivity contribution in [2.75, 3.05) is 53.0 Å². The molecule has 0 amide bonds. The van der Waals surface area contributed by atoms with E-state index in [9.17, 15) is 0 Å². The molecular weight excluding hydrogens is 362 g/mol. The third-order valence-electron chi connectivity index (χ3n) is 6.09. The number of nitrogens with one attached hydrogen (secondary N) is 2. The maximum atomic E-state index is 5.45. The SMILES string of the molecule is CN=C(NCc1cccc(CN2CCOCC2)c1)NCC(C)(C)N1CCCCC1. The van der Waals surface area contributed by atoms with Crippen molar-refractivity contribution in [1.29, 1.82) is 0 Å². The van der Waals surface area contributed by atoms with Crippen LogP contribution in [0.1, 0.15) is 44.2 Å². The maximum absolute atomic E-state index is 5.45. The Hall–Kier alpha value is -1.63. The highest BCUT2D eigenvalue weighted by molar-refractivity contribution is 5.79. The van der Waals surface area contributed by atoms with Crippen molar-refractivity contribution in [2.45, 2.75) is 51.7 Å². The van der Waals surface area contributed by atoms with E-state index in [4.69, 9.17) is 4.74 Å². The summed E-state index contributed by atoms with van der Waals surface area (Å²) in [6, 6.07) is 8.85. The monoisotopic (exact) mass is 401 g/mol. The lowest BCUT2D eigenvalue weighted by atomic mass is 9.98. The number of rotatable bonds is 7. The van der Waals surface area contributed by atoms with Crippen molar-refractivity contribution in [3.8, 4) is 0 Å². The summed E-state index contributed by atoms with van der Waals surface area (Å²) < 4.78 is 5.45. The smallest absolute Gasteiger partial charge is 0.191 e. The molecule has 1 aromatic rings. The fraction of sp³-hybridized carbons (Fsp3) is 0.696. The molecule has 0 aliphatic carbocycles. The molecule has 0 atom stereocenters. The third kappa shape index (κ3) is 6.98. The molecule has 0 aromatic heterocycles. The maximum Gasteiger partial charge on any atom is 0.191 e. The van der Waals surface area contributed by atoms with Crippen LogP contribution < -0.4 is 10.6 Å². The van der Waals surface area contributed by atoms with Crippen LogP contribution >= 0.6 is 0 Å². The van der Waals surface area contributed by atoms with E-state index in [1.165, 1.54) is 43.5 Å². The number of guanidine groups is 1. The zero-order valence-corrected chi connectivity index (χ0v) is 18.5. The molecule has 0 spiro atoms. The van der Waals surface area contributed by atoms with E-state index in [0.29, 0.717) is 0 Å². The zero-order chi connectivity index (χ0) is 20.5. The highest BCUT2D eigenvalue weighted by Crippen LogP contribution is 2.19. The number of likely N-dealkylation sites (tertiary alicyclic amines) is 1. The predicted octanol–water partition coefficient (Wildman–Crippen LogP) is 2.45. The Morgan fingerprint density at radius 3 is 2.48 bits per heavy atom. The molecule has 2 N–H and O–H groups in total. The summed E-state index contributed by atoms with van der Waals surface area (Å²) in [5.74, 6) is 0.869. The van der Waals surface area contributed by atoms with Gasteiger partial charge in [0.25, 0.3) is 0 Å². The normalized spacial score (nSPS) is 19.9. The quantitative estimate of drug-likeness (QED) is 0.543. The number of hydrogen-bond donors (Lipinski definition) is 2. The van der Waals surface area contributed by atoms with E-state index in [1.54, 1.807) is 0 Å². The van der Waals surface area contributed by atoms with Crippen LogP contribution in [0.3, 0.4) is 0 Å². The molecule has 6 nitrogen and oxygen atoms in total. The predicted molar refractivity (Wildman–Crippen MR) is 120 cm³/mol. The van der Waals surface area contributed by atoms with Gasteiger partial charge in [0, 0.05) is 45.3 Å². The molecular formula is C23H39N5O. The van der Waals surface area contributed by atoms with Gasteiger partial charge in [-0.05, 0) is 50.9 Å². The standard InChI is InChI=1S/C23H39N5O/c1-23(2,28-10-5-4-6-11-28)19-26-22(24-3)25-17-20-8-7-9-21(16-20)18-27-12-14-29-15-13-27/h7-9,16H,4-6,10-15,17-19H2,1-3H3,(H2,24,25,26). The van der Waals surface area contributed by atoms with E-state index in [1.807, 2.05) is 7.05 Å². The lowest BCUT2D eigenvalue weighted by Gasteiger charge is -2.41. The molecule has 2 fully saturated rings. The average molecular weight is 402 g/mol. The number of benzene rings is 1. The van der Waals surface area contributed by atoms with Gasteiger partial charge in [-0.25, -0.2) is 0 Å². The first-order chi connectivity index (χ1) is 14.1. The highest BCUT2D eigenvalue weighted by Gasteiger charge is 2.27. The van der Waals surface area contributed by atoms with Crippen LogP contribution in [-0.2, 0) is 17.8 Å². The van der Waals surface area contributed by atoms with E-state index in [-0.39, 0.29) is 5.54 Å². The van der Waals surface area contributed by atoms with Gasteiger partial charge in [-0.3, -0.25) is 14.8 Å². The van der Waals surface area contributed by atoms with E-state index in [0.717, 1.165) is 51.9 Å². The molecule has 2 aliphatic rings. The summed E-state index contributed by atoms with van der Waals surface area (Å²) in [7, 11) is 1.85. The Morgan fingerprint density at radius 1 is 1.03 bits per heavy atom. The molecule has 2 heterocycles. The van der Waals surface area contributed by atoms with Crippen molar-refractivity contribution in [1.82, 2.24) is 20.4 Å². The fourth-order valence-electron chi connectivity index (χ4n) is 4.17. The molecule has 0 bridgehead atoms. The van der Waals surface area contributed by atoms with Crippen molar-refractivity contribution < 1.29 is 4.74 Å². The molecule has 2 saturated heterocycles. The summed E-state index contributed by atoms with van der Waals surface area (Å²) in [6.07, 6.45) is 4.00. The Morgan fingerprint density at radius 2 is 1.76 bits per heavy atom. The highest BCUT2D eigenvalue weighted by atomic mass is 16.5. The van der Waals surface area contributed by atoms with Crippen molar-refractivity contribution in [3.63, 3.8) is 0 Å².